The van der Waals surface area contributed by atoms with Crippen molar-refractivity contribution in [1.82, 2.24) is 5.32 Å². The Morgan fingerprint density at radius 2 is 1.92 bits per heavy atom. The molecule has 128 valence electrons. The van der Waals surface area contributed by atoms with Gasteiger partial charge in [0.15, 0.2) is 0 Å². The molecule has 3 N–H and O–H groups in total. The molecule has 1 aliphatic heterocycles. The summed E-state index contributed by atoms with van der Waals surface area (Å²) in [6.45, 7) is 2.09. The molecule has 1 fully saturated rings. The lowest BCUT2D eigenvalue weighted by Gasteiger charge is -2.38. The second kappa shape index (κ2) is 6.26. The molecule has 3 rings (SSSR count). The van der Waals surface area contributed by atoms with Crippen LogP contribution in [0, 0.1) is 5.92 Å². The third kappa shape index (κ3) is 3.00. The lowest BCUT2D eigenvalue weighted by Crippen LogP contribution is -2.57. The van der Waals surface area contributed by atoms with Crippen LogP contribution >= 0.6 is 0 Å². The van der Waals surface area contributed by atoms with Gasteiger partial charge in [-0.15, -0.1) is 0 Å². The van der Waals surface area contributed by atoms with Crippen LogP contribution in [-0.2, 0) is 14.4 Å². The number of hydrogen-bond acceptors (Lipinski definition) is 3. The second-order valence-corrected chi connectivity index (χ2v) is 6.95. The summed E-state index contributed by atoms with van der Waals surface area (Å²) in [5.41, 5.74) is 0.141. The highest BCUT2D eigenvalue weighted by molar-refractivity contribution is 6.02. The maximum atomic E-state index is 12.8. The van der Waals surface area contributed by atoms with Gasteiger partial charge in [0.05, 0.1) is 5.92 Å². The van der Waals surface area contributed by atoms with Gasteiger partial charge in [-0.2, -0.15) is 0 Å². The monoisotopic (exact) mass is 330 g/mol. The maximum absolute atomic E-state index is 12.8. The Labute approximate surface area is 140 Å². The van der Waals surface area contributed by atoms with Gasteiger partial charge in [-0.25, -0.2) is 4.79 Å². The fourth-order valence-corrected chi connectivity index (χ4v) is 3.62. The maximum Gasteiger partial charge on any atom is 0.329 e. The summed E-state index contributed by atoms with van der Waals surface area (Å²) in [4.78, 5) is 36.5. The number of carboxylic acid groups (broad SMARTS) is 1. The molecule has 1 aromatic carbocycles. The molecule has 0 aromatic heterocycles. The standard InChI is InChI=1S/C18H22N2O4/c1-11-6-8-18(9-7-11,17(23)24)20-16(22)13-10-15(21)19-14-5-3-2-4-12(13)14/h2-5,11,13H,6-10H2,1H3,(H,19,21)(H,20,22)(H,23,24). The molecule has 1 heterocycles. The summed E-state index contributed by atoms with van der Waals surface area (Å²) in [6.07, 6.45) is 2.43. The van der Waals surface area contributed by atoms with Crippen LogP contribution in [0.15, 0.2) is 24.3 Å². The predicted octanol–water partition coefficient (Wildman–Crippen LogP) is 2.26. The Kier molecular flexibility index (Phi) is 4.30. The van der Waals surface area contributed by atoms with E-state index >= 15 is 0 Å². The van der Waals surface area contributed by atoms with Crippen LogP contribution in [0.2, 0.25) is 0 Å². The first-order chi connectivity index (χ1) is 11.4. The number of aliphatic carboxylic acids is 1. The fraction of sp³-hybridized carbons (Fsp3) is 0.500. The van der Waals surface area contributed by atoms with Crippen molar-refractivity contribution < 1.29 is 19.5 Å². The molecule has 2 aliphatic rings. The molecule has 2 amide bonds. The number of hydrogen-bond donors (Lipinski definition) is 3. The van der Waals surface area contributed by atoms with Crippen molar-refractivity contribution in [1.29, 1.82) is 0 Å². The van der Waals surface area contributed by atoms with Crippen LogP contribution in [0.25, 0.3) is 0 Å². The van der Waals surface area contributed by atoms with Gasteiger partial charge in [0.1, 0.15) is 5.54 Å². The molecule has 1 unspecified atom stereocenters. The average molecular weight is 330 g/mol. The third-order valence-electron chi connectivity index (χ3n) is 5.22. The zero-order valence-electron chi connectivity index (χ0n) is 13.7. The Hall–Kier alpha value is -2.37. The van der Waals surface area contributed by atoms with Crippen molar-refractivity contribution >= 4 is 23.5 Å². The zero-order valence-corrected chi connectivity index (χ0v) is 13.7. The van der Waals surface area contributed by atoms with E-state index in [2.05, 4.69) is 17.6 Å². The second-order valence-electron chi connectivity index (χ2n) is 6.95. The van der Waals surface area contributed by atoms with Crippen molar-refractivity contribution in [2.24, 2.45) is 5.92 Å². The number of para-hydroxylation sites is 1. The lowest BCUT2D eigenvalue weighted by atomic mass is 9.76. The summed E-state index contributed by atoms with van der Waals surface area (Å²) in [5, 5.41) is 15.2. The van der Waals surface area contributed by atoms with Gasteiger partial charge in [0.2, 0.25) is 11.8 Å². The minimum absolute atomic E-state index is 0.0367. The number of amides is 2. The van der Waals surface area contributed by atoms with Crippen LogP contribution in [0.4, 0.5) is 5.69 Å². The predicted molar refractivity (Wildman–Crippen MR) is 88.6 cm³/mol. The summed E-state index contributed by atoms with van der Waals surface area (Å²) in [7, 11) is 0. The van der Waals surface area contributed by atoms with E-state index in [9.17, 15) is 19.5 Å². The number of rotatable bonds is 3. The normalized spacial score (nSPS) is 29.3. The molecule has 6 nitrogen and oxygen atoms in total. The first-order valence-corrected chi connectivity index (χ1v) is 8.35. The molecule has 6 heteroatoms. The van der Waals surface area contributed by atoms with Crippen molar-refractivity contribution in [3.63, 3.8) is 0 Å². The Balaban J connectivity index is 1.84. The summed E-state index contributed by atoms with van der Waals surface area (Å²) in [5.74, 6) is -1.78. The van der Waals surface area contributed by atoms with Gasteiger partial charge in [0, 0.05) is 12.1 Å². The van der Waals surface area contributed by atoms with E-state index in [0.29, 0.717) is 24.4 Å². The highest BCUT2D eigenvalue weighted by Crippen LogP contribution is 2.36. The van der Waals surface area contributed by atoms with Crippen molar-refractivity contribution in [2.75, 3.05) is 5.32 Å². The van der Waals surface area contributed by atoms with Gasteiger partial charge in [-0.3, -0.25) is 9.59 Å². The third-order valence-corrected chi connectivity index (χ3v) is 5.22. The molecule has 1 atom stereocenters. The average Bonchev–Trinajstić information content (AvgIpc) is 2.56. The molecule has 24 heavy (non-hydrogen) atoms. The minimum Gasteiger partial charge on any atom is -0.480 e. The number of nitrogens with one attached hydrogen (secondary N) is 2. The summed E-state index contributed by atoms with van der Waals surface area (Å²) in [6, 6.07) is 7.16. The van der Waals surface area contributed by atoms with Crippen LogP contribution in [0.5, 0.6) is 0 Å². The number of carbonyl (C=O) groups excluding carboxylic acids is 2. The van der Waals surface area contributed by atoms with E-state index in [4.69, 9.17) is 0 Å². The highest BCUT2D eigenvalue weighted by atomic mass is 16.4. The SMILES string of the molecule is CC1CCC(NC(=O)C2CC(=O)Nc3ccccc32)(C(=O)O)CC1. The molecule has 1 saturated carbocycles. The van der Waals surface area contributed by atoms with Gasteiger partial charge in [-0.1, -0.05) is 25.1 Å². The number of anilines is 1. The van der Waals surface area contributed by atoms with Crippen LogP contribution < -0.4 is 10.6 Å². The summed E-state index contributed by atoms with van der Waals surface area (Å²) < 4.78 is 0. The van der Waals surface area contributed by atoms with Crippen molar-refractivity contribution in [3.8, 4) is 0 Å². The van der Waals surface area contributed by atoms with Crippen molar-refractivity contribution in [2.45, 2.75) is 50.5 Å². The van der Waals surface area contributed by atoms with Crippen LogP contribution in [0.3, 0.4) is 0 Å². The van der Waals surface area contributed by atoms with Gasteiger partial charge < -0.3 is 15.7 Å². The van der Waals surface area contributed by atoms with E-state index in [1.165, 1.54) is 0 Å². The molecule has 0 saturated heterocycles. The van der Waals surface area contributed by atoms with E-state index in [1.807, 2.05) is 6.07 Å². The van der Waals surface area contributed by atoms with Crippen LogP contribution in [0.1, 0.15) is 50.5 Å². The molecule has 0 bridgehead atoms. The number of carbonyl (C=O) groups is 3. The molecular formula is C18H22N2O4. The van der Waals surface area contributed by atoms with E-state index in [0.717, 1.165) is 18.4 Å². The molecular weight excluding hydrogens is 308 g/mol. The molecule has 1 aliphatic carbocycles. The molecule has 0 spiro atoms. The molecule has 0 radical (unpaired) electrons. The van der Waals surface area contributed by atoms with Gasteiger partial charge in [0.25, 0.3) is 0 Å². The fourth-order valence-electron chi connectivity index (χ4n) is 3.62. The quantitative estimate of drug-likeness (QED) is 0.792. The van der Waals surface area contributed by atoms with Crippen molar-refractivity contribution in [3.05, 3.63) is 29.8 Å². The number of benzene rings is 1. The van der Waals surface area contributed by atoms with Gasteiger partial charge >= 0.3 is 5.97 Å². The number of carboxylic acids is 1. The minimum atomic E-state index is -1.22. The zero-order chi connectivity index (χ0) is 17.3. The van der Waals surface area contributed by atoms with E-state index < -0.39 is 17.4 Å². The Morgan fingerprint density at radius 3 is 2.58 bits per heavy atom. The Morgan fingerprint density at radius 1 is 1.25 bits per heavy atom. The summed E-state index contributed by atoms with van der Waals surface area (Å²) >= 11 is 0. The first kappa shape index (κ1) is 16.5. The van der Waals surface area contributed by atoms with E-state index in [-0.39, 0.29) is 18.2 Å². The Bertz CT molecular complexity index is 677. The first-order valence-electron chi connectivity index (χ1n) is 8.35. The van der Waals surface area contributed by atoms with Crippen LogP contribution in [-0.4, -0.2) is 28.4 Å². The largest absolute Gasteiger partial charge is 0.480 e. The molecule has 1 aromatic rings. The smallest absolute Gasteiger partial charge is 0.329 e. The van der Waals surface area contributed by atoms with E-state index in [1.54, 1.807) is 18.2 Å². The van der Waals surface area contributed by atoms with Gasteiger partial charge in [-0.05, 0) is 43.2 Å². The highest BCUT2D eigenvalue weighted by Gasteiger charge is 2.44. The lowest BCUT2D eigenvalue weighted by molar-refractivity contribution is -0.150. The number of fused-ring (bicyclic) bond motifs is 1. The topological polar surface area (TPSA) is 95.5 Å².